The van der Waals surface area contributed by atoms with Crippen molar-refractivity contribution < 1.29 is 0 Å². The second kappa shape index (κ2) is 2.84. The molecule has 0 saturated heterocycles. The summed E-state index contributed by atoms with van der Waals surface area (Å²) in [6.07, 6.45) is 4.30. The van der Waals surface area contributed by atoms with Gasteiger partial charge in [-0.3, -0.25) is 5.10 Å². The Labute approximate surface area is 78.9 Å². The first-order valence-electron chi connectivity index (χ1n) is 4.84. The van der Waals surface area contributed by atoms with Gasteiger partial charge in [0.1, 0.15) is 0 Å². The summed E-state index contributed by atoms with van der Waals surface area (Å²) < 4.78 is 0. The smallest absolute Gasteiger partial charge is 0.0538 e. The average Bonchev–Trinajstić information content (AvgIpc) is 2.50. The molecule has 1 aromatic rings. The molecule has 0 fully saturated rings. The lowest BCUT2D eigenvalue weighted by atomic mass is 9.72. The number of nitrogens with one attached hydrogen (secondary N) is 2. The Hall–Kier alpha value is -0.830. The van der Waals surface area contributed by atoms with Crippen LogP contribution in [0.5, 0.6) is 0 Å². The zero-order valence-corrected chi connectivity index (χ0v) is 8.52. The second-order valence-corrected chi connectivity index (χ2v) is 4.51. The van der Waals surface area contributed by atoms with Crippen LogP contribution in [0.1, 0.15) is 37.6 Å². The van der Waals surface area contributed by atoms with Crippen LogP contribution in [0.25, 0.3) is 0 Å². The van der Waals surface area contributed by atoms with Gasteiger partial charge in [0.2, 0.25) is 0 Å². The lowest BCUT2D eigenvalue weighted by Gasteiger charge is -2.38. The number of aromatic amines is 1. The lowest BCUT2D eigenvalue weighted by molar-refractivity contribution is 0.218. The van der Waals surface area contributed by atoms with Crippen LogP contribution in [-0.2, 0) is 6.42 Å². The Morgan fingerprint density at radius 1 is 1.62 bits per heavy atom. The summed E-state index contributed by atoms with van der Waals surface area (Å²) in [5.74, 6) is 0. The monoisotopic (exact) mass is 179 g/mol. The van der Waals surface area contributed by atoms with Crippen molar-refractivity contribution in [1.82, 2.24) is 15.5 Å². The highest BCUT2D eigenvalue weighted by Gasteiger charge is 2.35. The van der Waals surface area contributed by atoms with Gasteiger partial charge in [0, 0.05) is 17.3 Å². The molecular formula is C10H17N3. The van der Waals surface area contributed by atoms with Gasteiger partial charge in [-0.05, 0) is 25.3 Å². The highest BCUT2D eigenvalue weighted by atomic mass is 15.1. The van der Waals surface area contributed by atoms with Crippen molar-refractivity contribution in [3.63, 3.8) is 0 Å². The minimum Gasteiger partial charge on any atom is -0.312 e. The SMILES string of the molecule is CNC1c2cn[nH]c2CCC1(C)C. The third-order valence-electron chi connectivity index (χ3n) is 3.15. The number of aromatic nitrogens is 2. The number of nitrogens with zero attached hydrogens (tertiary/aromatic N) is 1. The molecule has 0 bridgehead atoms. The molecule has 3 nitrogen and oxygen atoms in total. The van der Waals surface area contributed by atoms with Gasteiger partial charge in [0.15, 0.2) is 0 Å². The van der Waals surface area contributed by atoms with E-state index in [1.54, 1.807) is 0 Å². The molecule has 1 aliphatic carbocycles. The highest BCUT2D eigenvalue weighted by molar-refractivity contribution is 5.26. The number of aryl methyl sites for hydroxylation is 1. The molecule has 0 spiro atoms. The third-order valence-corrected chi connectivity index (χ3v) is 3.15. The molecule has 0 aliphatic heterocycles. The fourth-order valence-corrected chi connectivity index (χ4v) is 2.33. The standard InChI is InChI=1S/C10H17N3/c1-10(2)5-4-8-7(6-12-13-8)9(10)11-3/h6,9,11H,4-5H2,1-3H3,(H,12,13). The zero-order valence-electron chi connectivity index (χ0n) is 8.52. The second-order valence-electron chi connectivity index (χ2n) is 4.51. The quantitative estimate of drug-likeness (QED) is 0.688. The molecule has 2 rings (SSSR count). The van der Waals surface area contributed by atoms with Gasteiger partial charge in [0.05, 0.1) is 6.20 Å². The topological polar surface area (TPSA) is 40.7 Å². The third kappa shape index (κ3) is 1.27. The van der Waals surface area contributed by atoms with Crippen LogP contribution in [-0.4, -0.2) is 17.2 Å². The van der Waals surface area contributed by atoms with E-state index in [4.69, 9.17) is 0 Å². The highest BCUT2D eigenvalue weighted by Crippen LogP contribution is 2.42. The number of hydrogen-bond donors (Lipinski definition) is 2. The van der Waals surface area contributed by atoms with Crippen molar-refractivity contribution in [2.75, 3.05) is 7.05 Å². The average molecular weight is 179 g/mol. The minimum absolute atomic E-state index is 0.339. The van der Waals surface area contributed by atoms with Crippen molar-refractivity contribution in [2.24, 2.45) is 5.41 Å². The van der Waals surface area contributed by atoms with Crippen LogP contribution in [0.15, 0.2) is 6.20 Å². The summed E-state index contributed by atoms with van der Waals surface area (Å²) in [5, 5.41) is 10.5. The summed E-state index contributed by atoms with van der Waals surface area (Å²) >= 11 is 0. The first-order chi connectivity index (χ1) is 6.15. The van der Waals surface area contributed by atoms with E-state index in [9.17, 15) is 0 Å². The number of H-pyrrole nitrogens is 1. The maximum Gasteiger partial charge on any atom is 0.0538 e. The molecule has 1 atom stereocenters. The predicted molar refractivity (Wildman–Crippen MR) is 52.5 cm³/mol. The predicted octanol–water partition coefficient (Wildman–Crippen LogP) is 1.64. The molecule has 1 aliphatic rings. The minimum atomic E-state index is 0.339. The van der Waals surface area contributed by atoms with Crippen LogP contribution in [0, 0.1) is 5.41 Å². The van der Waals surface area contributed by atoms with E-state index in [1.165, 1.54) is 17.7 Å². The molecule has 2 N–H and O–H groups in total. The molecule has 0 amide bonds. The van der Waals surface area contributed by atoms with Gasteiger partial charge in [-0.1, -0.05) is 13.8 Å². The molecule has 72 valence electrons. The Kier molecular flexibility index (Phi) is 1.91. The Morgan fingerprint density at radius 2 is 2.38 bits per heavy atom. The molecule has 3 heteroatoms. The van der Waals surface area contributed by atoms with E-state index in [-0.39, 0.29) is 0 Å². The summed E-state index contributed by atoms with van der Waals surface area (Å²) in [7, 11) is 2.02. The number of hydrogen-bond acceptors (Lipinski definition) is 2. The zero-order chi connectivity index (χ0) is 9.47. The lowest BCUT2D eigenvalue weighted by Crippen LogP contribution is -2.35. The first kappa shape index (κ1) is 8.75. The molecule has 1 aromatic heterocycles. The van der Waals surface area contributed by atoms with E-state index < -0.39 is 0 Å². The number of rotatable bonds is 1. The van der Waals surface area contributed by atoms with E-state index in [1.807, 2.05) is 13.2 Å². The van der Waals surface area contributed by atoms with Gasteiger partial charge in [-0.2, -0.15) is 5.10 Å². The Balaban J connectivity index is 2.41. The normalized spacial score (nSPS) is 25.6. The van der Waals surface area contributed by atoms with Crippen LogP contribution in [0.2, 0.25) is 0 Å². The summed E-state index contributed by atoms with van der Waals surface area (Å²) in [5.41, 5.74) is 2.99. The molecule has 1 heterocycles. The van der Waals surface area contributed by atoms with Gasteiger partial charge >= 0.3 is 0 Å². The van der Waals surface area contributed by atoms with Crippen LogP contribution < -0.4 is 5.32 Å². The maximum absolute atomic E-state index is 4.10. The molecule has 0 radical (unpaired) electrons. The van der Waals surface area contributed by atoms with Crippen LogP contribution in [0.4, 0.5) is 0 Å². The first-order valence-corrected chi connectivity index (χ1v) is 4.84. The van der Waals surface area contributed by atoms with E-state index in [0.29, 0.717) is 11.5 Å². The molecule has 13 heavy (non-hydrogen) atoms. The van der Waals surface area contributed by atoms with Gasteiger partial charge in [-0.15, -0.1) is 0 Å². The molecular weight excluding hydrogens is 162 g/mol. The van der Waals surface area contributed by atoms with E-state index in [2.05, 4.69) is 29.4 Å². The van der Waals surface area contributed by atoms with Gasteiger partial charge in [-0.25, -0.2) is 0 Å². The van der Waals surface area contributed by atoms with Crippen molar-refractivity contribution >= 4 is 0 Å². The Bertz CT molecular complexity index is 301. The number of fused-ring (bicyclic) bond motifs is 1. The summed E-state index contributed by atoms with van der Waals surface area (Å²) in [6, 6.07) is 0.440. The van der Waals surface area contributed by atoms with Gasteiger partial charge < -0.3 is 5.32 Å². The molecule has 0 saturated carbocycles. The fourth-order valence-electron chi connectivity index (χ4n) is 2.33. The van der Waals surface area contributed by atoms with Crippen LogP contribution in [0.3, 0.4) is 0 Å². The Morgan fingerprint density at radius 3 is 3.08 bits per heavy atom. The summed E-state index contributed by atoms with van der Waals surface area (Å²) in [4.78, 5) is 0. The molecule has 1 unspecified atom stereocenters. The van der Waals surface area contributed by atoms with Crippen LogP contribution >= 0.6 is 0 Å². The largest absolute Gasteiger partial charge is 0.312 e. The van der Waals surface area contributed by atoms with Crippen molar-refractivity contribution in [3.8, 4) is 0 Å². The van der Waals surface area contributed by atoms with Crippen molar-refractivity contribution in [3.05, 3.63) is 17.5 Å². The van der Waals surface area contributed by atoms with Crippen molar-refractivity contribution in [2.45, 2.75) is 32.7 Å². The van der Waals surface area contributed by atoms with Crippen molar-refractivity contribution in [1.29, 1.82) is 0 Å². The fraction of sp³-hybridized carbons (Fsp3) is 0.700. The molecule has 0 aromatic carbocycles. The van der Waals surface area contributed by atoms with E-state index in [0.717, 1.165) is 6.42 Å². The summed E-state index contributed by atoms with van der Waals surface area (Å²) in [6.45, 7) is 4.62. The van der Waals surface area contributed by atoms with E-state index >= 15 is 0 Å². The van der Waals surface area contributed by atoms with Gasteiger partial charge in [0.25, 0.3) is 0 Å². The maximum atomic E-state index is 4.10.